The molecule has 8 nitrogen and oxygen atoms in total. The monoisotopic (exact) mass is 420 g/mol. The van der Waals surface area contributed by atoms with Gasteiger partial charge in [0, 0.05) is 47.9 Å². The van der Waals surface area contributed by atoms with Gasteiger partial charge in [-0.1, -0.05) is 18.2 Å². The van der Waals surface area contributed by atoms with Crippen molar-refractivity contribution < 1.29 is 27.3 Å². The largest absolute Gasteiger partial charge is 0.459 e. The summed E-state index contributed by atoms with van der Waals surface area (Å²) in [5.74, 6) is 0.403. The summed E-state index contributed by atoms with van der Waals surface area (Å²) in [6.45, 7) is 0.600. The van der Waals surface area contributed by atoms with E-state index >= 15 is 0 Å². The quantitative estimate of drug-likeness (QED) is 0.564. The van der Waals surface area contributed by atoms with Crippen molar-refractivity contribution in [3.8, 4) is 0 Å². The summed E-state index contributed by atoms with van der Waals surface area (Å²) in [5.41, 5.74) is 1.56. The molecule has 5 atom stereocenters. The van der Waals surface area contributed by atoms with E-state index in [1.54, 1.807) is 6.20 Å². The smallest absolute Gasteiger partial charge is 0.340 e. The highest BCUT2D eigenvalue weighted by atomic mass is 32.2. The molecule has 3 unspecified atom stereocenters. The first kappa shape index (κ1) is 20.1. The molecular weight excluding hydrogens is 396 g/mol. The molecule has 0 radical (unpaired) electrons. The van der Waals surface area contributed by atoms with Gasteiger partial charge in [-0.15, -0.1) is 0 Å². The Morgan fingerprint density at radius 1 is 1.17 bits per heavy atom. The lowest BCUT2D eigenvalue weighted by Gasteiger charge is -2.54. The van der Waals surface area contributed by atoms with Gasteiger partial charge in [0.15, 0.2) is 0 Å². The number of ether oxygens (including phenoxy) is 1. The van der Waals surface area contributed by atoms with Crippen LogP contribution in [0.4, 0.5) is 0 Å². The molecule has 29 heavy (non-hydrogen) atoms. The highest BCUT2D eigenvalue weighted by Crippen LogP contribution is 2.42. The molecule has 0 spiro atoms. The van der Waals surface area contributed by atoms with Crippen LogP contribution in [0.1, 0.15) is 36.0 Å². The van der Waals surface area contributed by atoms with Gasteiger partial charge < -0.3 is 9.72 Å². The van der Waals surface area contributed by atoms with E-state index in [4.69, 9.17) is 9.29 Å². The SMILES string of the molecule is CS(=O)(=O)O.O=C(OC1CC2C[C@@H]3C[C@H](C1)N2CC3=O)c1c[nH]c2ccccc12. The van der Waals surface area contributed by atoms with E-state index in [0.29, 0.717) is 36.2 Å². The third-order valence-corrected chi connectivity index (χ3v) is 6.00. The lowest BCUT2D eigenvalue weighted by atomic mass is 9.72. The number of nitrogens with one attached hydrogen (secondary N) is 1. The first-order valence-electron chi connectivity index (χ1n) is 9.67. The normalized spacial score (nSPS) is 30.6. The molecule has 1 aromatic heterocycles. The Kier molecular flexibility index (Phi) is 5.22. The van der Waals surface area contributed by atoms with Crippen molar-refractivity contribution in [2.45, 2.75) is 43.9 Å². The molecule has 2 aromatic rings. The van der Waals surface area contributed by atoms with E-state index < -0.39 is 10.1 Å². The number of carbonyl (C=O) groups excluding carboxylic acids is 2. The Labute approximate surface area is 169 Å². The average Bonchev–Trinajstić information content (AvgIpc) is 3.04. The topological polar surface area (TPSA) is 117 Å². The molecule has 4 bridgehead atoms. The minimum Gasteiger partial charge on any atom is -0.459 e. The Morgan fingerprint density at radius 3 is 2.41 bits per heavy atom. The van der Waals surface area contributed by atoms with Gasteiger partial charge in [-0.2, -0.15) is 8.42 Å². The number of aromatic amines is 1. The molecule has 0 amide bonds. The number of esters is 1. The summed E-state index contributed by atoms with van der Waals surface area (Å²) in [4.78, 5) is 30.0. The molecule has 4 aliphatic heterocycles. The van der Waals surface area contributed by atoms with Crippen molar-refractivity contribution in [3.63, 3.8) is 0 Å². The fourth-order valence-corrected chi connectivity index (χ4v) is 4.87. The van der Waals surface area contributed by atoms with Crippen LogP contribution in [0.25, 0.3) is 10.9 Å². The summed E-state index contributed by atoms with van der Waals surface area (Å²) in [5, 5.41) is 0.909. The van der Waals surface area contributed by atoms with Crippen molar-refractivity contribution in [1.29, 1.82) is 0 Å². The highest BCUT2D eigenvalue weighted by molar-refractivity contribution is 7.85. The molecule has 2 N–H and O–H groups in total. The standard InChI is InChI=1S/C19H20N2O3.CH4O3S/c22-18-10-21-12-5-11(18)6-13(21)8-14(7-12)24-19(23)16-9-20-17-4-2-1-3-15(16)17;1-5(2,3)4/h1-4,9,11-14,20H,5-8,10H2;1H3,(H,2,3,4)/t11-,12+,13?,14?;/m0./s1. The number of benzene rings is 1. The van der Waals surface area contributed by atoms with Crippen molar-refractivity contribution in [2.75, 3.05) is 12.8 Å². The second-order valence-electron chi connectivity index (χ2n) is 8.09. The van der Waals surface area contributed by atoms with Crippen LogP contribution >= 0.6 is 0 Å². The fourth-order valence-electron chi connectivity index (χ4n) is 4.87. The van der Waals surface area contributed by atoms with Crippen LogP contribution in [-0.2, 0) is 19.6 Å². The lowest BCUT2D eigenvalue weighted by molar-refractivity contribution is -0.145. The average molecular weight is 420 g/mol. The van der Waals surface area contributed by atoms with Crippen molar-refractivity contribution in [1.82, 2.24) is 9.88 Å². The summed E-state index contributed by atoms with van der Waals surface area (Å²) in [7, 11) is -3.67. The first-order valence-corrected chi connectivity index (χ1v) is 11.5. The first-order chi connectivity index (χ1) is 13.7. The van der Waals surface area contributed by atoms with Gasteiger partial charge in [0.25, 0.3) is 10.1 Å². The number of Topliss-reactive ketones (excluding diaryl/α,β-unsaturated/α-hetero) is 1. The third kappa shape index (κ3) is 4.36. The number of fused-ring (bicyclic) bond motifs is 2. The zero-order chi connectivity index (χ0) is 20.8. The number of nitrogens with zero attached hydrogens (tertiary/aromatic N) is 1. The van der Waals surface area contributed by atoms with Crippen LogP contribution in [0.2, 0.25) is 0 Å². The molecule has 9 heteroatoms. The van der Waals surface area contributed by atoms with Gasteiger partial charge in [-0.05, 0) is 18.9 Å². The van der Waals surface area contributed by atoms with Crippen molar-refractivity contribution in [2.24, 2.45) is 5.92 Å². The van der Waals surface area contributed by atoms with Gasteiger partial charge >= 0.3 is 5.97 Å². The Morgan fingerprint density at radius 2 is 1.79 bits per heavy atom. The fraction of sp³-hybridized carbons (Fsp3) is 0.500. The van der Waals surface area contributed by atoms with Crippen LogP contribution in [0.15, 0.2) is 30.5 Å². The number of para-hydroxylation sites is 1. The van der Waals surface area contributed by atoms with Crippen molar-refractivity contribution in [3.05, 3.63) is 36.0 Å². The van der Waals surface area contributed by atoms with E-state index in [0.717, 1.165) is 36.6 Å². The number of hydrogen-bond donors (Lipinski definition) is 2. The maximum absolute atomic E-state index is 12.6. The minimum absolute atomic E-state index is 0.0356. The molecular formula is C20H24N2O6S. The van der Waals surface area contributed by atoms with Crippen LogP contribution < -0.4 is 0 Å². The maximum Gasteiger partial charge on any atom is 0.340 e. The summed E-state index contributed by atoms with van der Waals surface area (Å²) in [6, 6.07) is 8.58. The number of piperidine rings is 4. The Hall–Kier alpha value is -2.23. The second-order valence-corrected chi connectivity index (χ2v) is 9.56. The van der Waals surface area contributed by atoms with E-state index in [1.807, 2.05) is 24.3 Å². The minimum atomic E-state index is -3.67. The molecule has 4 saturated heterocycles. The number of aromatic nitrogens is 1. The zero-order valence-electron chi connectivity index (χ0n) is 16.1. The summed E-state index contributed by atoms with van der Waals surface area (Å²) < 4.78 is 31.7. The van der Waals surface area contributed by atoms with E-state index in [9.17, 15) is 18.0 Å². The Bertz CT molecular complexity index is 1020. The molecule has 0 saturated carbocycles. The van der Waals surface area contributed by atoms with Gasteiger partial charge in [-0.3, -0.25) is 14.2 Å². The summed E-state index contributed by atoms with van der Waals surface area (Å²) >= 11 is 0. The molecule has 4 aliphatic rings. The lowest BCUT2D eigenvalue weighted by Crippen LogP contribution is -2.63. The maximum atomic E-state index is 12.6. The predicted octanol–water partition coefficient (Wildman–Crippen LogP) is 2.02. The van der Waals surface area contributed by atoms with Gasteiger partial charge in [-0.25, -0.2) is 4.79 Å². The van der Waals surface area contributed by atoms with Crippen LogP contribution in [0.3, 0.4) is 0 Å². The highest BCUT2D eigenvalue weighted by Gasteiger charge is 2.49. The number of rotatable bonds is 2. The van der Waals surface area contributed by atoms with Crippen LogP contribution in [0, 0.1) is 5.92 Å². The molecule has 6 rings (SSSR count). The van der Waals surface area contributed by atoms with Crippen LogP contribution in [-0.4, -0.2) is 65.6 Å². The van der Waals surface area contributed by atoms with Gasteiger partial charge in [0.05, 0.1) is 18.4 Å². The predicted molar refractivity (Wildman–Crippen MR) is 106 cm³/mol. The van der Waals surface area contributed by atoms with Gasteiger partial charge in [0.1, 0.15) is 11.9 Å². The summed E-state index contributed by atoms with van der Waals surface area (Å²) in [6.07, 6.45) is 6.01. The number of ketones is 1. The van der Waals surface area contributed by atoms with E-state index in [-0.39, 0.29) is 18.0 Å². The van der Waals surface area contributed by atoms with E-state index in [1.165, 1.54) is 0 Å². The van der Waals surface area contributed by atoms with E-state index in [2.05, 4.69) is 9.88 Å². The zero-order valence-corrected chi connectivity index (χ0v) is 16.9. The second kappa shape index (κ2) is 7.55. The molecule has 1 aromatic carbocycles. The molecule has 4 fully saturated rings. The number of hydrogen-bond acceptors (Lipinski definition) is 6. The third-order valence-electron chi connectivity index (χ3n) is 6.00. The van der Waals surface area contributed by atoms with Crippen LogP contribution in [0.5, 0.6) is 0 Å². The van der Waals surface area contributed by atoms with Gasteiger partial charge in [0.2, 0.25) is 0 Å². The molecule has 156 valence electrons. The number of carbonyl (C=O) groups is 2. The molecule has 5 heterocycles. The Balaban J connectivity index is 0.000000369. The van der Waals surface area contributed by atoms with Crippen molar-refractivity contribution >= 4 is 32.8 Å². The number of H-pyrrole nitrogens is 1. The molecule has 0 aliphatic carbocycles.